The third-order valence-corrected chi connectivity index (χ3v) is 4.71. The fourth-order valence-corrected chi connectivity index (χ4v) is 3.11. The highest BCUT2D eigenvalue weighted by molar-refractivity contribution is 5.57. The lowest BCUT2D eigenvalue weighted by atomic mass is 9.85. The van der Waals surface area contributed by atoms with E-state index in [2.05, 4.69) is 20.6 Å². The zero-order valence-corrected chi connectivity index (χ0v) is 13.1. The molecule has 1 aromatic heterocycles. The van der Waals surface area contributed by atoms with Crippen LogP contribution in [0.1, 0.15) is 62.3 Å². The van der Waals surface area contributed by atoms with Crippen molar-refractivity contribution in [2.75, 3.05) is 24.2 Å². The van der Waals surface area contributed by atoms with Gasteiger partial charge in [-0.15, -0.1) is 0 Å². The molecule has 1 heterocycles. The number of nitrogens with one attached hydrogen (secondary N) is 2. The molecule has 3 rings (SSSR count). The zero-order valence-electron chi connectivity index (χ0n) is 13.1. The second kappa shape index (κ2) is 5.79. The summed E-state index contributed by atoms with van der Waals surface area (Å²) in [6.07, 6.45) is 7.64. The number of nitrogens with zero attached hydrogens (tertiary/aromatic N) is 2. The lowest BCUT2D eigenvalue weighted by Crippen LogP contribution is -2.39. The Morgan fingerprint density at radius 2 is 1.81 bits per heavy atom. The summed E-state index contributed by atoms with van der Waals surface area (Å²) in [7, 11) is 1.89. The van der Waals surface area contributed by atoms with E-state index in [0.717, 1.165) is 48.7 Å². The van der Waals surface area contributed by atoms with Crippen LogP contribution >= 0.6 is 0 Å². The molecular formula is C16H26N4O. The van der Waals surface area contributed by atoms with Gasteiger partial charge < -0.3 is 15.7 Å². The summed E-state index contributed by atoms with van der Waals surface area (Å²) in [6.45, 7) is 2.61. The smallest absolute Gasteiger partial charge is 0.136 e. The van der Waals surface area contributed by atoms with Crippen LogP contribution in [0.3, 0.4) is 0 Å². The van der Waals surface area contributed by atoms with Gasteiger partial charge >= 0.3 is 0 Å². The fourth-order valence-electron chi connectivity index (χ4n) is 3.11. The van der Waals surface area contributed by atoms with Gasteiger partial charge in [-0.3, -0.25) is 0 Å². The van der Waals surface area contributed by atoms with E-state index in [9.17, 15) is 5.11 Å². The van der Waals surface area contributed by atoms with Crippen LogP contribution < -0.4 is 10.6 Å². The van der Waals surface area contributed by atoms with Crippen LogP contribution in [0, 0.1) is 6.92 Å². The molecule has 0 saturated heterocycles. The standard InChI is InChI=1S/C16H26N4O/c1-11-13(17-2)19-15(12-6-7-12)20-14(11)18-10-16(21)8-4-3-5-9-16/h12,21H,3-10H2,1-2H3,(H2,17,18,19,20). The summed E-state index contributed by atoms with van der Waals surface area (Å²) in [5.41, 5.74) is 0.455. The van der Waals surface area contributed by atoms with Crippen molar-refractivity contribution in [2.24, 2.45) is 0 Å². The Bertz CT molecular complexity index is 507. The highest BCUT2D eigenvalue weighted by Crippen LogP contribution is 2.39. The molecule has 2 saturated carbocycles. The number of aromatic nitrogens is 2. The van der Waals surface area contributed by atoms with Gasteiger partial charge in [0.05, 0.1) is 5.60 Å². The monoisotopic (exact) mass is 290 g/mol. The van der Waals surface area contributed by atoms with E-state index in [0.29, 0.717) is 12.5 Å². The first-order valence-corrected chi connectivity index (χ1v) is 8.14. The van der Waals surface area contributed by atoms with E-state index in [1.165, 1.54) is 19.3 Å². The summed E-state index contributed by atoms with van der Waals surface area (Å²) in [5, 5.41) is 17.2. The van der Waals surface area contributed by atoms with E-state index < -0.39 is 5.60 Å². The Morgan fingerprint density at radius 1 is 1.14 bits per heavy atom. The molecule has 0 unspecified atom stereocenters. The number of rotatable bonds is 5. The summed E-state index contributed by atoms with van der Waals surface area (Å²) < 4.78 is 0. The summed E-state index contributed by atoms with van der Waals surface area (Å²) >= 11 is 0. The molecule has 1 aromatic rings. The first kappa shape index (κ1) is 14.6. The maximum atomic E-state index is 10.6. The molecule has 0 aromatic carbocycles. The average Bonchev–Trinajstić information content (AvgIpc) is 3.32. The van der Waals surface area contributed by atoms with Crippen LogP contribution in [0.4, 0.5) is 11.6 Å². The number of hydrogen-bond acceptors (Lipinski definition) is 5. The van der Waals surface area contributed by atoms with E-state index in [1.54, 1.807) is 0 Å². The van der Waals surface area contributed by atoms with Crippen LogP contribution in [-0.4, -0.2) is 34.3 Å². The number of aliphatic hydroxyl groups is 1. The normalized spacial score (nSPS) is 21.1. The Kier molecular flexibility index (Phi) is 4.02. The van der Waals surface area contributed by atoms with Crippen LogP contribution in [0.25, 0.3) is 0 Å². The summed E-state index contributed by atoms with van der Waals surface area (Å²) in [6, 6.07) is 0. The first-order chi connectivity index (χ1) is 10.1. The van der Waals surface area contributed by atoms with Crippen LogP contribution in [0.15, 0.2) is 0 Å². The van der Waals surface area contributed by atoms with Crippen molar-refractivity contribution in [3.8, 4) is 0 Å². The molecule has 0 radical (unpaired) electrons. The maximum Gasteiger partial charge on any atom is 0.136 e. The lowest BCUT2D eigenvalue weighted by molar-refractivity contribution is 0.0166. The quantitative estimate of drug-likeness (QED) is 0.778. The topological polar surface area (TPSA) is 70.1 Å². The average molecular weight is 290 g/mol. The van der Waals surface area contributed by atoms with Crippen molar-refractivity contribution in [1.29, 1.82) is 0 Å². The van der Waals surface area contributed by atoms with Crippen LogP contribution in [-0.2, 0) is 0 Å². The molecule has 116 valence electrons. The Morgan fingerprint density at radius 3 is 2.43 bits per heavy atom. The minimum atomic E-state index is -0.574. The molecule has 0 spiro atoms. The van der Waals surface area contributed by atoms with Gasteiger partial charge in [-0.05, 0) is 32.6 Å². The number of anilines is 2. The zero-order chi connectivity index (χ0) is 14.9. The van der Waals surface area contributed by atoms with Crippen molar-refractivity contribution in [2.45, 2.75) is 63.4 Å². The molecule has 0 atom stereocenters. The van der Waals surface area contributed by atoms with E-state index >= 15 is 0 Å². The molecule has 2 fully saturated rings. The largest absolute Gasteiger partial charge is 0.388 e. The molecule has 2 aliphatic carbocycles. The van der Waals surface area contributed by atoms with Crippen LogP contribution in [0.2, 0.25) is 0 Å². The molecular weight excluding hydrogens is 264 g/mol. The molecule has 5 heteroatoms. The predicted molar refractivity (Wildman–Crippen MR) is 84.8 cm³/mol. The van der Waals surface area contributed by atoms with Crippen molar-refractivity contribution in [1.82, 2.24) is 9.97 Å². The van der Waals surface area contributed by atoms with Gasteiger partial charge in [-0.1, -0.05) is 19.3 Å². The SMILES string of the molecule is CNc1nc(C2CC2)nc(NCC2(O)CCCCC2)c1C. The maximum absolute atomic E-state index is 10.6. The molecule has 3 N–H and O–H groups in total. The molecule has 0 bridgehead atoms. The second-order valence-corrected chi connectivity index (χ2v) is 6.57. The summed E-state index contributed by atoms with van der Waals surface area (Å²) in [5.74, 6) is 3.22. The Hall–Kier alpha value is -1.36. The van der Waals surface area contributed by atoms with E-state index in [-0.39, 0.29) is 0 Å². The van der Waals surface area contributed by atoms with Gasteiger partial charge in [-0.2, -0.15) is 0 Å². The van der Waals surface area contributed by atoms with Gasteiger partial charge in [0.2, 0.25) is 0 Å². The third-order valence-electron chi connectivity index (χ3n) is 4.71. The number of hydrogen-bond donors (Lipinski definition) is 3. The van der Waals surface area contributed by atoms with Crippen LogP contribution in [0.5, 0.6) is 0 Å². The molecule has 0 aliphatic heterocycles. The minimum Gasteiger partial charge on any atom is -0.388 e. The van der Waals surface area contributed by atoms with Crippen molar-refractivity contribution in [3.05, 3.63) is 11.4 Å². The highest BCUT2D eigenvalue weighted by atomic mass is 16.3. The van der Waals surface area contributed by atoms with Gasteiger partial charge in [-0.25, -0.2) is 9.97 Å². The van der Waals surface area contributed by atoms with Crippen molar-refractivity contribution >= 4 is 11.6 Å². The lowest BCUT2D eigenvalue weighted by Gasteiger charge is -2.32. The molecule has 21 heavy (non-hydrogen) atoms. The van der Waals surface area contributed by atoms with E-state index in [1.807, 2.05) is 14.0 Å². The molecule has 5 nitrogen and oxygen atoms in total. The Labute approximate surface area is 126 Å². The molecule has 2 aliphatic rings. The van der Waals surface area contributed by atoms with Crippen molar-refractivity contribution < 1.29 is 5.11 Å². The molecule has 0 amide bonds. The van der Waals surface area contributed by atoms with Gasteiger partial charge in [0.25, 0.3) is 0 Å². The summed E-state index contributed by atoms with van der Waals surface area (Å²) in [4.78, 5) is 9.29. The van der Waals surface area contributed by atoms with Gasteiger partial charge in [0.15, 0.2) is 0 Å². The predicted octanol–water partition coefficient (Wildman–Crippen LogP) is 2.81. The van der Waals surface area contributed by atoms with Crippen molar-refractivity contribution in [3.63, 3.8) is 0 Å². The van der Waals surface area contributed by atoms with Gasteiger partial charge in [0.1, 0.15) is 17.5 Å². The Balaban J connectivity index is 1.75. The third kappa shape index (κ3) is 3.28. The van der Waals surface area contributed by atoms with Gasteiger partial charge in [0, 0.05) is 25.1 Å². The minimum absolute atomic E-state index is 0.524. The highest BCUT2D eigenvalue weighted by Gasteiger charge is 2.31. The fraction of sp³-hybridized carbons (Fsp3) is 0.750. The van der Waals surface area contributed by atoms with E-state index in [4.69, 9.17) is 0 Å². The first-order valence-electron chi connectivity index (χ1n) is 8.14. The second-order valence-electron chi connectivity index (χ2n) is 6.57.